The number of anilines is 1. The van der Waals surface area contributed by atoms with Crippen LogP contribution in [0.4, 0.5) is 14.9 Å². The molecule has 128 valence electrons. The first kappa shape index (κ1) is 16.4. The van der Waals surface area contributed by atoms with E-state index in [9.17, 15) is 14.0 Å². The minimum absolute atomic E-state index is 0.0825. The average molecular weight is 342 g/mol. The molecule has 0 bridgehead atoms. The van der Waals surface area contributed by atoms with Crippen LogP contribution in [0.25, 0.3) is 6.08 Å². The lowest BCUT2D eigenvalue weighted by molar-refractivity contribution is -0.115. The maximum atomic E-state index is 12.9. The monoisotopic (exact) mass is 342 g/mol. The standard InChI is InChI=1S/C17H15FN4O3/c1-10-3-8-13(25-10)9-14-15(23)20-16(22(14)2)21-17(24)19-12-6-4-11(18)5-7-12/h3-9H,1-2H3,(H2,19,20,21,23,24)/b14-9+. The highest BCUT2D eigenvalue weighted by Gasteiger charge is 2.29. The number of nitrogens with zero attached hydrogens (tertiary/aromatic N) is 2. The third-order valence-corrected chi connectivity index (χ3v) is 3.48. The molecule has 2 heterocycles. The number of urea groups is 1. The molecule has 0 atom stereocenters. The van der Waals surface area contributed by atoms with E-state index in [1.54, 1.807) is 32.2 Å². The summed E-state index contributed by atoms with van der Waals surface area (Å²) in [6, 6.07) is 8.09. The molecule has 2 aromatic rings. The minimum atomic E-state index is -0.691. The molecule has 1 fully saturated rings. The van der Waals surface area contributed by atoms with Crippen LogP contribution in [0, 0.1) is 12.7 Å². The van der Waals surface area contributed by atoms with Gasteiger partial charge in [0.1, 0.15) is 23.0 Å². The van der Waals surface area contributed by atoms with Gasteiger partial charge in [0, 0.05) is 18.8 Å². The van der Waals surface area contributed by atoms with Gasteiger partial charge in [-0.05, 0) is 43.3 Å². The molecule has 7 nitrogen and oxygen atoms in total. The number of hydrogen-bond donors (Lipinski definition) is 2. The average Bonchev–Trinajstić information content (AvgIpc) is 3.08. The van der Waals surface area contributed by atoms with Gasteiger partial charge in [-0.15, -0.1) is 0 Å². The van der Waals surface area contributed by atoms with Crippen molar-refractivity contribution in [2.45, 2.75) is 6.92 Å². The fourth-order valence-electron chi connectivity index (χ4n) is 2.23. The van der Waals surface area contributed by atoms with Gasteiger partial charge in [-0.1, -0.05) is 0 Å². The van der Waals surface area contributed by atoms with E-state index in [2.05, 4.69) is 15.6 Å². The highest BCUT2D eigenvalue weighted by Crippen LogP contribution is 2.17. The number of amides is 3. The van der Waals surface area contributed by atoms with E-state index in [4.69, 9.17) is 4.42 Å². The SMILES string of the molecule is Cc1ccc(/C=C2\C(=O)N/C(=N\C(=O)Nc3ccc(F)cc3)N2C)o1. The molecule has 1 saturated heterocycles. The second-order valence-electron chi connectivity index (χ2n) is 5.36. The first-order valence-corrected chi connectivity index (χ1v) is 7.41. The Balaban J connectivity index is 1.75. The first-order valence-electron chi connectivity index (χ1n) is 7.41. The van der Waals surface area contributed by atoms with Crippen LogP contribution in [0.2, 0.25) is 0 Å². The summed E-state index contributed by atoms with van der Waals surface area (Å²) in [6.45, 7) is 1.80. The Hall–Kier alpha value is -3.42. The van der Waals surface area contributed by atoms with Crippen molar-refractivity contribution in [3.05, 3.63) is 59.4 Å². The van der Waals surface area contributed by atoms with Crippen molar-refractivity contribution in [1.29, 1.82) is 0 Å². The van der Waals surface area contributed by atoms with Gasteiger partial charge in [0.05, 0.1) is 0 Å². The number of likely N-dealkylation sites (N-methyl/N-ethyl adjacent to an activating group) is 1. The maximum absolute atomic E-state index is 12.9. The Morgan fingerprint density at radius 3 is 2.64 bits per heavy atom. The highest BCUT2D eigenvalue weighted by atomic mass is 19.1. The summed E-state index contributed by atoms with van der Waals surface area (Å²) >= 11 is 0. The number of benzene rings is 1. The lowest BCUT2D eigenvalue weighted by atomic mass is 10.3. The normalized spacial score (nSPS) is 17.2. The number of furan rings is 1. The Labute approximate surface area is 142 Å². The zero-order valence-electron chi connectivity index (χ0n) is 13.5. The summed E-state index contributed by atoms with van der Waals surface area (Å²) in [5.41, 5.74) is 0.687. The summed E-state index contributed by atoms with van der Waals surface area (Å²) in [7, 11) is 1.60. The lowest BCUT2D eigenvalue weighted by Gasteiger charge is -2.10. The first-order chi connectivity index (χ1) is 11.9. The smallest absolute Gasteiger partial charge is 0.348 e. The Bertz CT molecular complexity index is 884. The maximum Gasteiger partial charge on any atom is 0.348 e. The number of rotatable bonds is 2. The van der Waals surface area contributed by atoms with Crippen molar-refractivity contribution >= 4 is 29.7 Å². The summed E-state index contributed by atoms with van der Waals surface area (Å²) in [6.07, 6.45) is 1.56. The van der Waals surface area contributed by atoms with E-state index >= 15 is 0 Å². The van der Waals surface area contributed by atoms with Crippen molar-refractivity contribution in [3.63, 3.8) is 0 Å². The molecule has 25 heavy (non-hydrogen) atoms. The van der Waals surface area contributed by atoms with Crippen LogP contribution in [-0.4, -0.2) is 29.8 Å². The van der Waals surface area contributed by atoms with E-state index in [1.165, 1.54) is 29.2 Å². The Kier molecular flexibility index (Phi) is 4.34. The van der Waals surface area contributed by atoms with Crippen LogP contribution in [-0.2, 0) is 4.79 Å². The van der Waals surface area contributed by atoms with E-state index in [0.29, 0.717) is 17.1 Å². The molecule has 1 aliphatic heterocycles. The molecule has 3 rings (SSSR count). The molecule has 8 heteroatoms. The summed E-state index contributed by atoms with van der Waals surface area (Å²) < 4.78 is 18.3. The number of hydrogen-bond acceptors (Lipinski definition) is 3. The Morgan fingerprint density at radius 2 is 2.00 bits per heavy atom. The number of halogens is 1. The van der Waals surface area contributed by atoms with Gasteiger partial charge in [0.2, 0.25) is 5.96 Å². The number of aryl methyl sites for hydroxylation is 1. The lowest BCUT2D eigenvalue weighted by Crippen LogP contribution is -2.29. The molecule has 1 aliphatic rings. The van der Waals surface area contributed by atoms with Crippen molar-refractivity contribution < 1.29 is 18.4 Å². The number of carbonyl (C=O) groups excluding carboxylic acids is 2. The molecule has 2 N–H and O–H groups in total. The molecule has 3 amide bonds. The molecular formula is C17H15FN4O3. The third kappa shape index (κ3) is 3.74. The molecule has 0 aliphatic carbocycles. The highest BCUT2D eigenvalue weighted by molar-refractivity contribution is 6.17. The van der Waals surface area contributed by atoms with Crippen molar-refractivity contribution in [3.8, 4) is 0 Å². The van der Waals surface area contributed by atoms with E-state index in [0.717, 1.165) is 5.76 Å². The summed E-state index contributed by atoms with van der Waals surface area (Å²) in [4.78, 5) is 29.3. The summed E-state index contributed by atoms with van der Waals surface area (Å²) in [5, 5.41) is 5.00. The molecular weight excluding hydrogens is 327 g/mol. The second kappa shape index (κ2) is 6.60. The predicted octanol–water partition coefficient (Wildman–Crippen LogP) is 2.72. The molecule has 0 spiro atoms. The number of nitrogens with one attached hydrogen (secondary N) is 2. The molecule has 1 aromatic carbocycles. The van der Waals surface area contributed by atoms with Gasteiger partial charge in [-0.3, -0.25) is 10.1 Å². The second-order valence-corrected chi connectivity index (χ2v) is 5.36. The van der Waals surface area contributed by atoms with E-state index in [-0.39, 0.29) is 5.96 Å². The van der Waals surface area contributed by atoms with Crippen LogP contribution in [0.5, 0.6) is 0 Å². The molecule has 0 saturated carbocycles. The van der Waals surface area contributed by atoms with Crippen LogP contribution in [0.3, 0.4) is 0 Å². The van der Waals surface area contributed by atoms with Crippen LogP contribution in [0.15, 0.2) is 51.5 Å². The quantitative estimate of drug-likeness (QED) is 0.822. The zero-order chi connectivity index (χ0) is 18.0. The van der Waals surface area contributed by atoms with Gasteiger partial charge in [0.15, 0.2) is 0 Å². The van der Waals surface area contributed by atoms with Gasteiger partial charge >= 0.3 is 6.03 Å². The Morgan fingerprint density at radius 1 is 1.28 bits per heavy atom. The largest absolute Gasteiger partial charge is 0.462 e. The van der Waals surface area contributed by atoms with Crippen molar-refractivity contribution in [2.75, 3.05) is 12.4 Å². The van der Waals surface area contributed by atoms with Gasteiger partial charge in [-0.2, -0.15) is 4.99 Å². The topological polar surface area (TPSA) is 86.9 Å². The summed E-state index contributed by atoms with van der Waals surface area (Å²) in [5.74, 6) is 0.519. The fourth-order valence-corrected chi connectivity index (χ4v) is 2.23. The molecule has 1 aromatic heterocycles. The van der Waals surface area contributed by atoms with Gasteiger partial charge < -0.3 is 14.6 Å². The zero-order valence-corrected chi connectivity index (χ0v) is 13.5. The van der Waals surface area contributed by atoms with Crippen molar-refractivity contribution in [2.24, 2.45) is 4.99 Å². The van der Waals surface area contributed by atoms with Crippen LogP contribution < -0.4 is 10.6 Å². The number of guanidine groups is 1. The molecule has 0 unspecified atom stereocenters. The predicted molar refractivity (Wildman–Crippen MR) is 90.2 cm³/mol. The van der Waals surface area contributed by atoms with Crippen LogP contribution in [0.1, 0.15) is 11.5 Å². The minimum Gasteiger partial charge on any atom is -0.462 e. The van der Waals surface area contributed by atoms with Gasteiger partial charge in [-0.25, -0.2) is 9.18 Å². The number of carbonyl (C=O) groups is 2. The van der Waals surface area contributed by atoms with Crippen LogP contribution >= 0.6 is 0 Å². The van der Waals surface area contributed by atoms with Gasteiger partial charge in [0.25, 0.3) is 5.91 Å². The molecule has 0 radical (unpaired) electrons. The fraction of sp³-hybridized carbons (Fsp3) is 0.118. The van der Waals surface area contributed by atoms with Crippen molar-refractivity contribution in [1.82, 2.24) is 10.2 Å². The van der Waals surface area contributed by atoms with E-state index < -0.39 is 17.8 Å². The number of aliphatic imine (C=N–C) groups is 1. The third-order valence-electron chi connectivity index (χ3n) is 3.48. The van der Waals surface area contributed by atoms with E-state index in [1.807, 2.05) is 0 Å².